The van der Waals surface area contributed by atoms with Crippen molar-refractivity contribution in [2.75, 3.05) is 12.8 Å². The number of halogens is 2. The first-order valence-electron chi connectivity index (χ1n) is 5.98. The minimum absolute atomic E-state index is 0.137. The van der Waals surface area contributed by atoms with E-state index in [1.54, 1.807) is 6.92 Å². The van der Waals surface area contributed by atoms with Crippen molar-refractivity contribution in [1.29, 1.82) is 0 Å². The van der Waals surface area contributed by atoms with E-state index in [0.717, 1.165) is 0 Å². The van der Waals surface area contributed by atoms with E-state index in [0.29, 0.717) is 18.6 Å². The smallest absolute Gasteiger partial charge is 0.307 e. The summed E-state index contributed by atoms with van der Waals surface area (Å²) >= 11 is 0. The van der Waals surface area contributed by atoms with Crippen LogP contribution in [-0.2, 0) is 10.8 Å². The molecule has 0 spiro atoms. The molecule has 0 aliphatic rings. The highest BCUT2D eigenvalue weighted by atomic mass is 32.2. The number of nitro groups is 1. The number of hydrogen-bond donors (Lipinski definition) is 1. The lowest BCUT2D eigenvalue weighted by atomic mass is 10.1. The van der Waals surface area contributed by atoms with E-state index < -0.39 is 44.5 Å². The predicted molar refractivity (Wildman–Crippen MR) is 73.5 cm³/mol. The van der Waals surface area contributed by atoms with Crippen molar-refractivity contribution < 1.29 is 22.7 Å². The molecular formula is C12H14F2N2O4S. The second-order valence-electron chi connectivity index (χ2n) is 4.39. The first kappa shape index (κ1) is 17.2. The molecule has 0 bridgehead atoms. The SMILES string of the molecule is CC(CCNC(=O)c1cc(F)c([N+](=O)[O-])cc1F)S(C)=O. The van der Waals surface area contributed by atoms with E-state index in [2.05, 4.69) is 5.32 Å². The zero-order chi connectivity index (χ0) is 16.2. The Kier molecular flexibility index (Phi) is 5.89. The minimum Gasteiger partial charge on any atom is -0.352 e. The van der Waals surface area contributed by atoms with Crippen LogP contribution in [0.3, 0.4) is 0 Å². The third kappa shape index (κ3) is 4.55. The molecule has 0 aliphatic heterocycles. The molecule has 0 aromatic heterocycles. The van der Waals surface area contributed by atoms with E-state index in [1.807, 2.05) is 0 Å². The van der Waals surface area contributed by atoms with E-state index >= 15 is 0 Å². The molecule has 1 N–H and O–H groups in total. The first-order valence-corrected chi connectivity index (χ1v) is 7.60. The summed E-state index contributed by atoms with van der Waals surface area (Å²) in [7, 11) is -1.05. The second kappa shape index (κ2) is 7.21. The fourth-order valence-electron chi connectivity index (χ4n) is 1.50. The predicted octanol–water partition coefficient (Wildman–Crippen LogP) is 1.76. The van der Waals surface area contributed by atoms with Gasteiger partial charge in [0.15, 0.2) is 0 Å². The van der Waals surface area contributed by atoms with Gasteiger partial charge in [-0.3, -0.25) is 19.1 Å². The van der Waals surface area contributed by atoms with Crippen molar-refractivity contribution >= 4 is 22.4 Å². The summed E-state index contributed by atoms with van der Waals surface area (Å²) in [6.07, 6.45) is 1.93. The first-order chi connectivity index (χ1) is 9.73. The summed E-state index contributed by atoms with van der Waals surface area (Å²) in [5, 5.41) is 12.6. The Bertz CT molecular complexity index is 595. The number of nitrogens with zero attached hydrogens (tertiary/aromatic N) is 1. The lowest BCUT2D eigenvalue weighted by Crippen LogP contribution is -2.28. The molecule has 21 heavy (non-hydrogen) atoms. The highest BCUT2D eigenvalue weighted by Crippen LogP contribution is 2.21. The van der Waals surface area contributed by atoms with Gasteiger partial charge in [-0.2, -0.15) is 4.39 Å². The average Bonchev–Trinajstić information content (AvgIpc) is 2.40. The van der Waals surface area contributed by atoms with Gasteiger partial charge in [0.1, 0.15) is 5.82 Å². The number of hydrogen-bond acceptors (Lipinski definition) is 4. The van der Waals surface area contributed by atoms with Crippen molar-refractivity contribution in [1.82, 2.24) is 5.32 Å². The van der Waals surface area contributed by atoms with Gasteiger partial charge in [-0.25, -0.2) is 4.39 Å². The molecule has 0 fully saturated rings. The molecule has 0 heterocycles. The molecule has 0 aliphatic carbocycles. The fourth-order valence-corrected chi connectivity index (χ4v) is 1.95. The highest BCUT2D eigenvalue weighted by Gasteiger charge is 2.22. The Hall–Kier alpha value is -1.90. The maximum Gasteiger partial charge on any atom is 0.307 e. The second-order valence-corrected chi connectivity index (χ2v) is 6.20. The van der Waals surface area contributed by atoms with Crippen LogP contribution < -0.4 is 5.32 Å². The zero-order valence-corrected chi connectivity index (χ0v) is 12.2. The van der Waals surface area contributed by atoms with E-state index in [1.165, 1.54) is 6.26 Å². The summed E-state index contributed by atoms with van der Waals surface area (Å²) in [6.45, 7) is 1.87. The molecule has 0 saturated heterocycles. The maximum atomic E-state index is 13.6. The summed E-state index contributed by atoms with van der Waals surface area (Å²) in [5.74, 6) is -3.34. The Morgan fingerprint density at radius 1 is 1.43 bits per heavy atom. The molecule has 9 heteroatoms. The largest absolute Gasteiger partial charge is 0.352 e. The molecule has 1 aromatic carbocycles. The Morgan fingerprint density at radius 2 is 2.05 bits per heavy atom. The number of nitro benzene ring substituents is 1. The van der Waals surface area contributed by atoms with Crippen LogP contribution in [0.5, 0.6) is 0 Å². The van der Waals surface area contributed by atoms with Gasteiger partial charge in [0.05, 0.1) is 16.6 Å². The van der Waals surface area contributed by atoms with E-state index in [4.69, 9.17) is 0 Å². The van der Waals surface area contributed by atoms with Gasteiger partial charge in [-0.1, -0.05) is 6.92 Å². The maximum absolute atomic E-state index is 13.6. The van der Waals surface area contributed by atoms with Crippen LogP contribution in [0.4, 0.5) is 14.5 Å². The number of rotatable bonds is 6. The Morgan fingerprint density at radius 3 is 2.57 bits per heavy atom. The number of nitrogens with one attached hydrogen (secondary N) is 1. The third-order valence-electron chi connectivity index (χ3n) is 2.88. The summed E-state index contributed by atoms with van der Waals surface area (Å²) in [5.41, 5.74) is -1.64. The molecule has 1 aromatic rings. The topological polar surface area (TPSA) is 89.3 Å². The molecule has 2 unspecified atom stereocenters. The van der Waals surface area contributed by atoms with Crippen LogP contribution in [0.2, 0.25) is 0 Å². The third-order valence-corrected chi connectivity index (χ3v) is 4.25. The monoisotopic (exact) mass is 320 g/mol. The zero-order valence-electron chi connectivity index (χ0n) is 11.4. The summed E-state index contributed by atoms with van der Waals surface area (Å²) < 4.78 is 38.1. The van der Waals surface area contributed by atoms with Crippen LogP contribution in [0, 0.1) is 21.7 Å². The van der Waals surface area contributed by atoms with Gasteiger partial charge in [0.2, 0.25) is 5.82 Å². The summed E-state index contributed by atoms with van der Waals surface area (Å²) in [6, 6.07) is 0.859. The molecule has 0 saturated carbocycles. The average molecular weight is 320 g/mol. The standard InChI is InChI=1S/C12H14F2N2O4S/c1-7(21(2)20)3-4-15-12(17)8-5-10(14)11(16(18)19)6-9(8)13/h5-7H,3-4H2,1-2H3,(H,15,17). The molecular weight excluding hydrogens is 306 g/mol. The molecule has 0 radical (unpaired) electrons. The highest BCUT2D eigenvalue weighted by molar-refractivity contribution is 7.84. The summed E-state index contributed by atoms with van der Waals surface area (Å²) in [4.78, 5) is 21.1. The van der Waals surface area contributed by atoms with Gasteiger partial charge >= 0.3 is 5.69 Å². The van der Waals surface area contributed by atoms with Gasteiger partial charge in [0.25, 0.3) is 5.91 Å². The lowest BCUT2D eigenvalue weighted by Gasteiger charge is -2.09. The normalized spacial score (nSPS) is 13.5. The van der Waals surface area contributed by atoms with Crippen LogP contribution >= 0.6 is 0 Å². The van der Waals surface area contributed by atoms with Gasteiger partial charge < -0.3 is 5.32 Å². The van der Waals surface area contributed by atoms with Crippen molar-refractivity contribution in [3.05, 3.63) is 39.4 Å². The quantitative estimate of drug-likeness (QED) is 0.639. The molecule has 6 nitrogen and oxygen atoms in total. The molecule has 2 atom stereocenters. The number of carbonyl (C=O) groups excluding carboxylic acids is 1. The van der Waals surface area contributed by atoms with Crippen molar-refractivity contribution in [3.63, 3.8) is 0 Å². The van der Waals surface area contributed by atoms with E-state index in [-0.39, 0.29) is 11.8 Å². The van der Waals surface area contributed by atoms with Crippen molar-refractivity contribution in [2.24, 2.45) is 0 Å². The van der Waals surface area contributed by atoms with Crippen molar-refractivity contribution in [2.45, 2.75) is 18.6 Å². The molecule has 1 rings (SSSR count). The van der Waals surface area contributed by atoms with Crippen molar-refractivity contribution in [3.8, 4) is 0 Å². The number of amides is 1. The lowest BCUT2D eigenvalue weighted by molar-refractivity contribution is -0.387. The van der Waals surface area contributed by atoms with Gasteiger partial charge in [-0.05, 0) is 12.5 Å². The number of benzene rings is 1. The van der Waals surface area contributed by atoms with Crippen LogP contribution in [-0.4, -0.2) is 33.1 Å². The van der Waals surface area contributed by atoms with Crippen LogP contribution in [0.15, 0.2) is 12.1 Å². The van der Waals surface area contributed by atoms with Crippen LogP contribution in [0.25, 0.3) is 0 Å². The van der Waals surface area contributed by atoms with E-state index in [9.17, 15) is 27.9 Å². The fraction of sp³-hybridized carbons (Fsp3) is 0.417. The molecule has 116 valence electrons. The van der Waals surface area contributed by atoms with Gasteiger partial charge in [-0.15, -0.1) is 0 Å². The molecule has 1 amide bonds. The Balaban J connectivity index is 2.77. The number of carbonyl (C=O) groups is 1. The Labute approximate surface area is 122 Å². The minimum atomic E-state index is -1.28. The van der Waals surface area contributed by atoms with Gasteiger partial charge in [0, 0.05) is 28.9 Å². The van der Waals surface area contributed by atoms with Crippen LogP contribution in [0.1, 0.15) is 23.7 Å².